The molecule has 2 aromatic heterocycles. The van der Waals surface area contributed by atoms with Gasteiger partial charge in [0.2, 0.25) is 0 Å². The summed E-state index contributed by atoms with van der Waals surface area (Å²) >= 11 is 6.63. The van der Waals surface area contributed by atoms with Gasteiger partial charge < -0.3 is 10.5 Å². The summed E-state index contributed by atoms with van der Waals surface area (Å²) in [6.07, 6.45) is 4.76. The lowest BCUT2D eigenvalue weighted by molar-refractivity contribution is -0.121. The van der Waals surface area contributed by atoms with E-state index in [-0.39, 0.29) is 18.1 Å². The van der Waals surface area contributed by atoms with E-state index < -0.39 is 5.50 Å². The Bertz CT molecular complexity index is 1290. The number of nitrogens with zero attached hydrogens (tertiary/aromatic N) is 5. The van der Waals surface area contributed by atoms with Gasteiger partial charge in [-0.2, -0.15) is 5.10 Å². The molecule has 2 N–H and O–H groups in total. The molecule has 0 spiro atoms. The van der Waals surface area contributed by atoms with Gasteiger partial charge in [0.25, 0.3) is 0 Å². The van der Waals surface area contributed by atoms with Crippen LogP contribution in [-0.4, -0.2) is 50.1 Å². The van der Waals surface area contributed by atoms with Crippen molar-refractivity contribution in [1.29, 1.82) is 0 Å². The Kier molecular flexibility index (Phi) is 6.42. The highest BCUT2D eigenvalue weighted by atomic mass is 35.5. The molecule has 3 heterocycles. The Labute approximate surface area is 202 Å². The summed E-state index contributed by atoms with van der Waals surface area (Å²) in [5.74, 6) is 1.60. The summed E-state index contributed by atoms with van der Waals surface area (Å²) in [6.45, 7) is 2.11. The first kappa shape index (κ1) is 22.3. The number of ether oxygens (including phenoxy) is 1. The summed E-state index contributed by atoms with van der Waals surface area (Å²) in [7, 11) is 0. The van der Waals surface area contributed by atoms with Gasteiger partial charge in [0.05, 0.1) is 11.9 Å². The van der Waals surface area contributed by atoms with Crippen molar-refractivity contribution >= 4 is 34.2 Å². The lowest BCUT2D eigenvalue weighted by Crippen LogP contribution is -2.36. The second kappa shape index (κ2) is 9.79. The predicted octanol–water partition coefficient (Wildman–Crippen LogP) is 4.66. The third kappa shape index (κ3) is 4.60. The number of alkyl halides is 1. The zero-order chi connectivity index (χ0) is 23.5. The van der Waals surface area contributed by atoms with E-state index >= 15 is 0 Å². The summed E-state index contributed by atoms with van der Waals surface area (Å²) in [5, 5.41) is 5.24. The lowest BCUT2D eigenvalue weighted by Gasteiger charge is -2.26. The topological polar surface area (TPSA) is 99.2 Å². The van der Waals surface area contributed by atoms with E-state index in [1.54, 1.807) is 0 Å². The number of likely N-dealkylation sites (tertiary alicyclic amines) is 1. The van der Waals surface area contributed by atoms with Crippen LogP contribution < -0.4 is 10.5 Å². The van der Waals surface area contributed by atoms with Crippen LogP contribution in [0.25, 0.3) is 22.3 Å². The zero-order valence-electron chi connectivity index (χ0n) is 18.6. The highest BCUT2D eigenvalue weighted by Gasteiger charge is 2.27. The molecular formula is C25H25ClN6O2. The van der Waals surface area contributed by atoms with Gasteiger partial charge >= 0.3 is 0 Å². The fourth-order valence-electron chi connectivity index (χ4n) is 4.21. The Morgan fingerprint density at radius 1 is 1.00 bits per heavy atom. The standard InChI is InChI=1S/C25H25ClN6O2/c26-23(20(33)15-31-13-5-2-6-14-31)32-25-21(24(27)28-16-29-25)22(30-32)17-9-11-19(12-10-17)34-18-7-3-1-4-8-18/h1,3-4,7-12,16,23H,2,5-6,13-15H2,(H2,27,28,29). The fraction of sp³-hybridized carbons (Fsp3) is 0.280. The van der Waals surface area contributed by atoms with E-state index in [1.165, 1.54) is 17.4 Å². The quantitative estimate of drug-likeness (QED) is 0.387. The van der Waals surface area contributed by atoms with Gasteiger partial charge in [-0.15, -0.1) is 0 Å². The second-order valence-electron chi connectivity index (χ2n) is 8.33. The molecule has 8 nitrogen and oxygen atoms in total. The molecule has 4 aromatic rings. The van der Waals surface area contributed by atoms with Gasteiger partial charge in [-0.1, -0.05) is 36.2 Å². The van der Waals surface area contributed by atoms with Gasteiger partial charge in [-0.3, -0.25) is 9.69 Å². The first-order valence-corrected chi connectivity index (χ1v) is 11.7. The SMILES string of the molecule is Nc1ncnc2c1c(-c1ccc(Oc3ccccc3)cc1)nn2C(Cl)C(=O)CN1CCCCC1. The number of Topliss-reactive ketones (excluding diaryl/α,β-unsaturated/α-hetero) is 1. The number of carbonyl (C=O) groups excluding carboxylic acids is 1. The minimum absolute atomic E-state index is 0.122. The molecule has 0 saturated carbocycles. The van der Waals surface area contributed by atoms with Gasteiger partial charge in [0, 0.05) is 5.56 Å². The van der Waals surface area contributed by atoms with Crippen LogP contribution >= 0.6 is 11.6 Å². The van der Waals surface area contributed by atoms with Crippen LogP contribution in [0.4, 0.5) is 5.82 Å². The van der Waals surface area contributed by atoms with E-state index in [9.17, 15) is 4.79 Å². The summed E-state index contributed by atoms with van der Waals surface area (Å²) in [5.41, 5.74) is 6.99. The third-order valence-electron chi connectivity index (χ3n) is 5.93. The number of para-hydroxylation sites is 1. The van der Waals surface area contributed by atoms with Crippen LogP contribution in [0.3, 0.4) is 0 Å². The van der Waals surface area contributed by atoms with E-state index in [0.717, 1.165) is 37.2 Å². The molecule has 0 bridgehead atoms. The molecule has 174 valence electrons. The summed E-state index contributed by atoms with van der Waals surface area (Å²) in [6, 6.07) is 17.0. The molecule has 1 unspecified atom stereocenters. The van der Waals surface area contributed by atoms with E-state index in [4.69, 9.17) is 22.1 Å². The Morgan fingerprint density at radius 2 is 1.71 bits per heavy atom. The molecule has 5 rings (SSSR count). The first-order valence-electron chi connectivity index (χ1n) is 11.3. The molecule has 1 aliphatic heterocycles. The number of halogens is 1. The van der Waals surface area contributed by atoms with E-state index in [0.29, 0.717) is 22.5 Å². The van der Waals surface area contributed by atoms with E-state index in [2.05, 4.69) is 20.0 Å². The highest BCUT2D eigenvalue weighted by molar-refractivity contribution is 6.29. The number of carbonyl (C=O) groups is 1. The number of hydrogen-bond donors (Lipinski definition) is 1. The van der Waals surface area contributed by atoms with Crippen LogP contribution in [0, 0.1) is 0 Å². The molecule has 0 amide bonds. The second-order valence-corrected chi connectivity index (χ2v) is 8.74. The maximum atomic E-state index is 13.0. The fourth-order valence-corrected chi connectivity index (χ4v) is 4.42. The van der Waals surface area contributed by atoms with Crippen molar-refractivity contribution in [2.75, 3.05) is 25.4 Å². The number of nitrogens with two attached hydrogens (primary N) is 1. The smallest absolute Gasteiger partial charge is 0.187 e. The molecule has 34 heavy (non-hydrogen) atoms. The molecule has 1 saturated heterocycles. The van der Waals surface area contributed by atoms with Gasteiger partial charge in [-0.25, -0.2) is 14.6 Å². The number of nitrogen functional groups attached to an aromatic ring is 1. The average molecular weight is 477 g/mol. The highest BCUT2D eigenvalue weighted by Crippen LogP contribution is 2.34. The van der Waals surface area contributed by atoms with Crippen LogP contribution in [0.5, 0.6) is 11.5 Å². The number of hydrogen-bond acceptors (Lipinski definition) is 7. The minimum Gasteiger partial charge on any atom is -0.457 e. The molecule has 1 fully saturated rings. The molecule has 2 aromatic carbocycles. The average Bonchev–Trinajstić information content (AvgIpc) is 3.26. The summed E-state index contributed by atoms with van der Waals surface area (Å²) in [4.78, 5) is 23.6. The van der Waals surface area contributed by atoms with Crippen LogP contribution in [0.2, 0.25) is 0 Å². The molecule has 0 aliphatic carbocycles. The van der Waals surface area contributed by atoms with Crippen molar-refractivity contribution in [3.05, 3.63) is 60.9 Å². The van der Waals surface area contributed by atoms with Crippen molar-refractivity contribution < 1.29 is 9.53 Å². The van der Waals surface area contributed by atoms with Crippen LogP contribution in [0.15, 0.2) is 60.9 Å². The number of rotatable bonds is 7. The van der Waals surface area contributed by atoms with Crippen molar-refractivity contribution in [2.24, 2.45) is 0 Å². The van der Waals surface area contributed by atoms with Crippen molar-refractivity contribution in [3.8, 4) is 22.8 Å². The van der Waals surface area contributed by atoms with Crippen LogP contribution in [-0.2, 0) is 4.79 Å². The molecule has 9 heteroatoms. The first-order chi connectivity index (χ1) is 16.6. The molecule has 1 atom stereocenters. The normalized spacial score (nSPS) is 15.3. The number of anilines is 1. The van der Waals surface area contributed by atoms with Gasteiger partial charge in [-0.05, 0) is 62.3 Å². The number of benzene rings is 2. The number of fused-ring (bicyclic) bond motifs is 1. The van der Waals surface area contributed by atoms with Gasteiger partial charge in [0.15, 0.2) is 16.9 Å². The number of piperidine rings is 1. The predicted molar refractivity (Wildman–Crippen MR) is 132 cm³/mol. The van der Waals surface area contributed by atoms with E-state index in [1.807, 2.05) is 54.6 Å². The summed E-state index contributed by atoms with van der Waals surface area (Å²) < 4.78 is 7.33. The number of ketones is 1. The van der Waals surface area contributed by atoms with Crippen molar-refractivity contribution in [3.63, 3.8) is 0 Å². The Morgan fingerprint density at radius 3 is 2.44 bits per heavy atom. The monoisotopic (exact) mass is 476 g/mol. The minimum atomic E-state index is -0.992. The Balaban J connectivity index is 1.44. The molecule has 0 radical (unpaired) electrons. The van der Waals surface area contributed by atoms with Crippen LogP contribution in [0.1, 0.15) is 24.8 Å². The largest absolute Gasteiger partial charge is 0.457 e. The molecular weight excluding hydrogens is 452 g/mol. The zero-order valence-corrected chi connectivity index (χ0v) is 19.4. The Hall–Kier alpha value is -3.49. The maximum absolute atomic E-state index is 13.0. The lowest BCUT2D eigenvalue weighted by atomic mass is 10.1. The van der Waals surface area contributed by atoms with Gasteiger partial charge in [0.1, 0.15) is 29.3 Å². The third-order valence-corrected chi connectivity index (χ3v) is 6.36. The maximum Gasteiger partial charge on any atom is 0.187 e. The number of aromatic nitrogens is 4. The molecule has 1 aliphatic rings. The van der Waals surface area contributed by atoms with Crippen molar-refractivity contribution in [2.45, 2.75) is 24.8 Å². The van der Waals surface area contributed by atoms with Crippen molar-refractivity contribution in [1.82, 2.24) is 24.6 Å².